The Kier molecular flexibility index (Phi) is 5.48. The van der Waals surface area contributed by atoms with Crippen molar-refractivity contribution in [2.45, 2.75) is 32.9 Å². The Hall–Kier alpha value is -1.91. The van der Waals surface area contributed by atoms with Crippen LogP contribution in [0.5, 0.6) is 0 Å². The molecular weight excluding hydrogens is 247 g/mol. The van der Waals surface area contributed by atoms with E-state index in [9.17, 15) is 14.0 Å². The predicted octanol–water partition coefficient (Wildman–Crippen LogP) is 1.70. The van der Waals surface area contributed by atoms with Crippen molar-refractivity contribution in [3.63, 3.8) is 0 Å². The average Bonchev–Trinajstić information content (AvgIpc) is 2.44. The second-order valence-electron chi connectivity index (χ2n) is 4.29. The number of likely N-dealkylation sites (N-methyl/N-ethyl adjacent to an activating group) is 1. The molecule has 1 atom stereocenters. The van der Waals surface area contributed by atoms with E-state index in [1.165, 1.54) is 24.1 Å². The van der Waals surface area contributed by atoms with Gasteiger partial charge < -0.3 is 10.2 Å². The quantitative estimate of drug-likeness (QED) is 0.882. The molecule has 0 aliphatic rings. The number of hydrogen-bond acceptors (Lipinski definition) is 2. The maximum atomic E-state index is 12.8. The third-order valence-electron chi connectivity index (χ3n) is 2.98. The summed E-state index contributed by atoms with van der Waals surface area (Å²) in [5.74, 6) is -0.652. The van der Waals surface area contributed by atoms with E-state index in [-0.39, 0.29) is 17.6 Å². The van der Waals surface area contributed by atoms with Gasteiger partial charge >= 0.3 is 0 Å². The Morgan fingerprint density at radius 3 is 2.37 bits per heavy atom. The highest BCUT2D eigenvalue weighted by molar-refractivity contribution is 5.87. The maximum absolute atomic E-state index is 12.8. The molecule has 1 aromatic carbocycles. The lowest BCUT2D eigenvalue weighted by Gasteiger charge is -2.28. The molecule has 5 heteroatoms. The average molecular weight is 266 g/mol. The Bertz CT molecular complexity index is 445. The normalized spacial score (nSPS) is 11.8. The van der Waals surface area contributed by atoms with E-state index in [1.54, 1.807) is 26.0 Å². The second-order valence-corrected chi connectivity index (χ2v) is 4.29. The Morgan fingerprint density at radius 2 is 1.89 bits per heavy atom. The number of hydrogen-bond donors (Lipinski definition) is 1. The number of benzene rings is 1. The van der Waals surface area contributed by atoms with Gasteiger partial charge in [0.25, 0.3) is 0 Å². The van der Waals surface area contributed by atoms with Crippen molar-refractivity contribution in [3.05, 3.63) is 35.6 Å². The van der Waals surface area contributed by atoms with Crippen molar-refractivity contribution in [2.24, 2.45) is 0 Å². The molecule has 0 saturated heterocycles. The highest BCUT2D eigenvalue weighted by atomic mass is 19.1. The van der Waals surface area contributed by atoms with Crippen molar-refractivity contribution in [1.82, 2.24) is 10.2 Å². The summed E-state index contributed by atoms with van der Waals surface area (Å²) in [4.78, 5) is 25.1. The van der Waals surface area contributed by atoms with Gasteiger partial charge in [0.05, 0.1) is 0 Å². The molecule has 1 N–H and O–H groups in total. The van der Waals surface area contributed by atoms with E-state index in [0.29, 0.717) is 13.0 Å². The third kappa shape index (κ3) is 4.05. The molecule has 0 saturated carbocycles. The van der Waals surface area contributed by atoms with Gasteiger partial charge in [-0.05, 0) is 24.6 Å². The summed E-state index contributed by atoms with van der Waals surface area (Å²) < 4.78 is 12.8. The van der Waals surface area contributed by atoms with Crippen LogP contribution in [-0.2, 0) is 16.1 Å². The first-order valence-corrected chi connectivity index (χ1v) is 6.25. The fraction of sp³-hybridized carbons (Fsp3) is 0.429. The van der Waals surface area contributed by atoms with Crippen LogP contribution in [0, 0.1) is 5.82 Å². The summed E-state index contributed by atoms with van der Waals surface area (Å²) in [6.45, 7) is 3.72. The molecule has 0 radical (unpaired) electrons. The molecule has 0 aromatic heterocycles. The molecule has 0 unspecified atom stereocenters. The Morgan fingerprint density at radius 1 is 1.32 bits per heavy atom. The summed E-state index contributed by atoms with van der Waals surface area (Å²) in [6, 6.07) is 5.36. The van der Waals surface area contributed by atoms with E-state index in [1.807, 2.05) is 0 Å². The molecule has 1 rings (SSSR count). The van der Waals surface area contributed by atoms with Gasteiger partial charge in [0.15, 0.2) is 0 Å². The standard InChI is InChI=1S/C14H19FN2O2/c1-4-13(18)17(10(2)14(19)16-3)9-11-5-7-12(15)8-6-11/h5-8,10H,4,9H2,1-3H3,(H,16,19)/t10-/m1/s1. The van der Waals surface area contributed by atoms with Gasteiger partial charge in [0, 0.05) is 20.0 Å². The number of nitrogens with zero attached hydrogens (tertiary/aromatic N) is 1. The lowest BCUT2D eigenvalue weighted by molar-refractivity contribution is -0.140. The molecule has 0 heterocycles. The number of halogens is 1. The monoisotopic (exact) mass is 266 g/mol. The van der Waals surface area contributed by atoms with Crippen molar-refractivity contribution < 1.29 is 14.0 Å². The van der Waals surface area contributed by atoms with Crippen LogP contribution in [-0.4, -0.2) is 29.8 Å². The fourth-order valence-electron chi connectivity index (χ4n) is 1.78. The largest absolute Gasteiger partial charge is 0.357 e. The molecular formula is C14H19FN2O2. The highest BCUT2D eigenvalue weighted by Crippen LogP contribution is 2.11. The Balaban J connectivity index is 2.89. The van der Waals surface area contributed by atoms with E-state index < -0.39 is 6.04 Å². The summed E-state index contributed by atoms with van der Waals surface area (Å²) >= 11 is 0. The lowest BCUT2D eigenvalue weighted by atomic mass is 10.1. The first kappa shape index (κ1) is 15.1. The molecule has 0 fully saturated rings. The topological polar surface area (TPSA) is 49.4 Å². The lowest BCUT2D eigenvalue weighted by Crippen LogP contribution is -2.46. The zero-order valence-electron chi connectivity index (χ0n) is 11.4. The minimum atomic E-state index is -0.553. The number of rotatable bonds is 5. The Labute approximate surface area is 112 Å². The number of nitrogens with one attached hydrogen (secondary N) is 1. The van der Waals surface area contributed by atoms with Crippen LogP contribution in [0.2, 0.25) is 0 Å². The molecule has 2 amide bonds. The maximum Gasteiger partial charge on any atom is 0.242 e. The van der Waals surface area contributed by atoms with Crippen LogP contribution >= 0.6 is 0 Å². The van der Waals surface area contributed by atoms with Crippen LogP contribution in [0.4, 0.5) is 4.39 Å². The van der Waals surface area contributed by atoms with Crippen LogP contribution in [0.15, 0.2) is 24.3 Å². The summed E-state index contributed by atoms with van der Waals surface area (Å²) in [5, 5.41) is 2.53. The van der Waals surface area contributed by atoms with Crippen molar-refractivity contribution in [2.75, 3.05) is 7.05 Å². The highest BCUT2D eigenvalue weighted by Gasteiger charge is 2.24. The smallest absolute Gasteiger partial charge is 0.242 e. The molecule has 0 spiro atoms. The van der Waals surface area contributed by atoms with Crippen LogP contribution in [0.25, 0.3) is 0 Å². The predicted molar refractivity (Wildman–Crippen MR) is 70.8 cm³/mol. The fourth-order valence-corrected chi connectivity index (χ4v) is 1.78. The van der Waals surface area contributed by atoms with Crippen LogP contribution in [0.3, 0.4) is 0 Å². The molecule has 4 nitrogen and oxygen atoms in total. The molecule has 0 bridgehead atoms. The third-order valence-corrected chi connectivity index (χ3v) is 2.98. The van der Waals surface area contributed by atoms with E-state index >= 15 is 0 Å². The van der Waals surface area contributed by atoms with E-state index in [0.717, 1.165) is 5.56 Å². The van der Waals surface area contributed by atoms with E-state index in [2.05, 4.69) is 5.32 Å². The van der Waals surface area contributed by atoms with Gasteiger partial charge in [-0.1, -0.05) is 19.1 Å². The first-order chi connectivity index (χ1) is 8.99. The second kappa shape index (κ2) is 6.87. The summed E-state index contributed by atoms with van der Waals surface area (Å²) in [7, 11) is 1.53. The van der Waals surface area contributed by atoms with E-state index in [4.69, 9.17) is 0 Å². The van der Waals surface area contributed by atoms with Gasteiger partial charge in [-0.15, -0.1) is 0 Å². The number of carbonyl (C=O) groups is 2. The van der Waals surface area contributed by atoms with Crippen molar-refractivity contribution >= 4 is 11.8 Å². The SMILES string of the molecule is CCC(=O)N(Cc1ccc(F)cc1)[C@H](C)C(=O)NC. The number of amides is 2. The van der Waals surface area contributed by atoms with Gasteiger partial charge in [-0.3, -0.25) is 9.59 Å². The zero-order chi connectivity index (χ0) is 14.4. The van der Waals surface area contributed by atoms with Gasteiger partial charge in [-0.25, -0.2) is 4.39 Å². The molecule has 0 aliphatic heterocycles. The minimum absolute atomic E-state index is 0.111. The summed E-state index contributed by atoms with van der Waals surface area (Å²) in [5.41, 5.74) is 0.791. The first-order valence-electron chi connectivity index (χ1n) is 6.25. The minimum Gasteiger partial charge on any atom is -0.357 e. The molecule has 19 heavy (non-hydrogen) atoms. The summed E-state index contributed by atoms with van der Waals surface area (Å²) in [6.07, 6.45) is 0.322. The van der Waals surface area contributed by atoms with Crippen molar-refractivity contribution in [1.29, 1.82) is 0 Å². The molecule has 104 valence electrons. The van der Waals surface area contributed by atoms with Crippen LogP contribution < -0.4 is 5.32 Å². The van der Waals surface area contributed by atoms with Crippen LogP contribution in [0.1, 0.15) is 25.8 Å². The molecule has 0 aliphatic carbocycles. The number of carbonyl (C=O) groups excluding carboxylic acids is 2. The van der Waals surface area contributed by atoms with Gasteiger partial charge in [0.2, 0.25) is 11.8 Å². The van der Waals surface area contributed by atoms with Gasteiger partial charge in [-0.2, -0.15) is 0 Å². The van der Waals surface area contributed by atoms with Crippen molar-refractivity contribution in [3.8, 4) is 0 Å². The zero-order valence-corrected chi connectivity index (χ0v) is 11.4. The molecule has 1 aromatic rings. The van der Waals surface area contributed by atoms with Gasteiger partial charge in [0.1, 0.15) is 11.9 Å².